The standard InChI is InChI=1S/C51H40O11S3/c1-35-3-24-47(25-4-35)64(55,56)48-26-18-44(19-27-48)60-42-14-7-36(8-15-42)37-9-16-43(17-10-37)61-45-20-28-49(29-21-45)65(57,58)50-30-22-46(23-31-50)62-51-32-11-39(33-40(51)34-63(52,53)54)38-5-12-41(59-2)13-6-38/h3-33H,34H2,1-2H3,(H,52,53,54). The molecule has 0 radical (unpaired) electrons. The Balaban J connectivity index is 0.874. The average Bonchev–Trinajstić information content (AvgIpc) is 3.30. The Hall–Kier alpha value is -7.23. The maximum atomic E-state index is 13.6. The number of sulfone groups is 2. The van der Waals surface area contributed by atoms with E-state index in [-0.39, 0.29) is 36.6 Å². The Morgan fingerprint density at radius 3 is 1.06 bits per heavy atom. The summed E-state index contributed by atoms with van der Waals surface area (Å²) in [5, 5.41) is 0. The van der Waals surface area contributed by atoms with Crippen molar-refractivity contribution in [1.29, 1.82) is 0 Å². The van der Waals surface area contributed by atoms with E-state index in [9.17, 15) is 29.8 Å². The van der Waals surface area contributed by atoms with Crippen LogP contribution < -0.4 is 18.9 Å². The molecule has 0 fully saturated rings. The van der Waals surface area contributed by atoms with Crippen LogP contribution in [0.2, 0.25) is 0 Å². The van der Waals surface area contributed by atoms with Crippen molar-refractivity contribution in [3.63, 3.8) is 0 Å². The Morgan fingerprint density at radius 2 is 0.692 bits per heavy atom. The fraction of sp³-hybridized carbons (Fsp3) is 0.0588. The third-order valence-electron chi connectivity index (χ3n) is 10.3. The van der Waals surface area contributed by atoms with Crippen molar-refractivity contribution in [2.75, 3.05) is 7.11 Å². The minimum absolute atomic E-state index is 0.0163. The fourth-order valence-electron chi connectivity index (χ4n) is 6.83. The number of rotatable bonds is 15. The van der Waals surface area contributed by atoms with Crippen LogP contribution in [0.3, 0.4) is 0 Å². The summed E-state index contributed by atoms with van der Waals surface area (Å²) in [6.07, 6.45) is 0. The van der Waals surface area contributed by atoms with Gasteiger partial charge in [0.1, 0.15) is 46.0 Å². The van der Waals surface area contributed by atoms with Gasteiger partial charge in [0.25, 0.3) is 10.1 Å². The number of methoxy groups -OCH3 is 1. The summed E-state index contributed by atoms with van der Waals surface area (Å²) in [6, 6.07) is 51.8. The van der Waals surface area contributed by atoms with Gasteiger partial charge in [-0.25, -0.2) is 16.8 Å². The SMILES string of the molecule is COc1ccc(-c2ccc(Oc3ccc(S(=O)(=O)c4ccc(Oc5ccc(-c6ccc(Oc7ccc(S(=O)(=O)c8ccc(C)cc8)cc7)cc6)cc5)cc4)cc3)c(CS(=O)(=O)O)c2)cc1. The van der Waals surface area contributed by atoms with E-state index >= 15 is 0 Å². The molecular formula is C51H40O11S3. The molecule has 0 atom stereocenters. The largest absolute Gasteiger partial charge is 0.497 e. The summed E-state index contributed by atoms with van der Waals surface area (Å²) in [5.74, 6) is 2.46. The molecule has 0 bridgehead atoms. The smallest absolute Gasteiger partial charge is 0.269 e. The quantitative estimate of drug-likeness (QED) is 0.0975. The monoisotopic (exact) mass is 924 g/mol. The summed E-state index contributed by atoms with van der Waals surface area (Å²) in [7, 11) is -10.4. The Morgan fingerprint density at radius 1 is 0.385 bits per heavy atom. The fourth-order valence-corrected chi connectivity index (χ4v) is 9.97. The molecule has 0 spiro atoms. The van der Waals surface area contributed by atoms with Gasteiger partial charge in [-0.3, -0.25) is 4.55 Å². The summed E-state index contributed by atoms with van der Waals surface area (Å²) < 4.78 is 110. The predicted molar refractivity (Wildman–Crippen MR) is 247 cm³/mol. The van der Waals surface area contributed by atoms with Crippen molar-refractivity contribution >= 4 is 29.8 Å². The first-order valence-corrected chi connectivity index (χ1v) is 24.5. The van der Waals surface area contributed by atoms with Gasteiger partial charge in [0.05, 0.1) is 26.7 Å². The molecule has 0 unspecified atom stereocenters. The highest BCUT2D eigenvalue weighted by Gasteiger charge is 2.20. The van der Waals surface area contributed by atoms with Crippen LogP contribution >= 0.6 is 0 Å². The lowest BCUT2D eigenvalue weighted by Gasteiger charge is -2.13. The van der Waals surface area contributed by atoms with Gasteiger partial charge in [-0.05, 0) is 163 Å². The molecule has 8 aromatic carbocycles. The molecular weight excluding hydrogens is 885 g/mol. The van der Waals surface area contributed by atoms with Gasteiger partial charge in [0.2, 0.25) is 19.7 Å². The van der Waals surface area contributed by atoms with Crippen LogP contribution in [0.4, 0.5) is 0 Å². The molecule has 328 valence electrons. The van der Waals surface area contributed by atoms with E-state index in [0.29, 0.717) is 34.3 Å². The van der Waals surface area contributed by atoms with Crippen molar-refractivity contribution in [2.24, 2.45) is 0 Å². The highest BCUT2D eigenvalue weighted by atomic mass is 32.2. The van der Waals surface area contributed by atoms with Crippen molar-refractivity contribution in [2.45, 2.75) is 32.3 Å². The molecule has 0 saturated carbocycles. The van der Waals surface area contributed by atoms with Crippen LogP contribution in [0, 0.1) is 6.92 Å². The number of aryl methyl sites for hydroxylation is 1. The molecule has 8 rings (SSSR count). The van der Waals surface area contributed by atoms with Crippen LogP contribution in [0.25, 0.3) is 22.3 Å². The maximum absolute atomic E-state index is 13.6. The molecule has 1 N–H and O–H groups in total. The van der Waals surface area contributed by atoms with E-state index in [1.54, 1.807) is 98.1 Å². The van der Waals surface area contributed by atoms with Crippen molar-refractivity contribution < 1.29 is 48.8 Å². The van der Waals surface area contributed by atoms with E-state index in [0.717, 1.165) is 22.3 Å². The minimum atomic E-state index is -4.41. The molecule has 8 aromatic rings. The number of hydrogen-bond donors (Lipinski definition) is 1. The van der Waals surface area contributed by atoms with E-state index in [4.69, 9.17) is 18.9 Å². The van der Waals surface area contributed by atoms with Crippen LogP contribution in [0.1, 0.15) is 11.1 Å². The Bertz CT molecular complexity index is 3280. The third-order valence-corrected chi connectivity index (χ3v) is 14.5. The zero-order valence-electron chi connectivity index (χ0n) is 34.9. The highest BCUT2D eigenvalue weighted by Crippen LogP contribution is 2.35. The van der Waals surface area contributed by atoms with Crippen LogP contribution in [-0.2, 0) is 35.5 Å². The molecule has 0 heterocycles. The van der Waals surface area contributed by atoms with Gasteiger partial charge in [-0.15, -0.1) is 0 Å². The normalized spacial score (nSPS) is 11.7. The molecule has 0 aliphatic rings. The second kappa shape index (κ2) is 18.5. The Labute approximate surface area is 377 Å². The lowest BCUT2D eigenvalue weighted by molar-refractivity contribution is 0.415. The van der Waals surface area contributed by atoms with Crippen molar-refractivity contribution in [1.82, 2.24) is 0 Å². The molecule has 0 aromatic heterocycles. The summed E-state index contributed by atoms with van der Waals surface area (Å²) in [6.45, 7) is 1.90. The lowest BCUT2D eigenvalue weighted by atomic mass is 10.0. The molecule has 0 aliphatic carbocycles. The topological polar surface area (TPSA) is 160 Å². The van der Waals surface area contributed by atoms with Gasteiger partial charge >= 0.3 is 0 Å². The maximum Gasteiger partial charge on any atom is 0.269 e. The zero-order chi connectivity index (χ0) is 45.8. The number of ether oxygens (including phenoxy) is 4. The van der Waals surface area contributed by atoms with Crippen molar-refractivity contribution in [3.8, 4) is 62.5 Å². The predicted octanol–water partition coefficient (Wildman–Crippen LogP) is 11.8. The van der Waals surface area contributed by atoms with Crippen LogP contribution in [0.5, 0.6) is 40.2 Å². The van der Waals surface area contributed by atoms with Crippen LogP contribution in [-0.4, -0.2) is 36.9 Å². The number of benzene rings is 8. The number of hydrogen-bond acceptors (Lipinski definition) is 10. The Kier molecular flexibility index (Phi) is 12.6. The van der Waals surface area contributed by atoms with E-state index in [1.165, 1.54) is 48.5 Å². The summed E-state index contributed by atoms with van der Waals surface area (Å²) in [5.41, 5.74) is 4.53. The average molecular weight is 925 g/mol. The highest BCUT2D eigenvalue weighted by molar-refractivity contribution is 7.91. The van der Waals surface area contributed by atoms with Gasteiger partial charge in [-0.1, -0.05) is 60.2 Å². The molecule has 0 saturated heterocycles. The third kappa shape index (κ3) is 10.6. The lowest BCUT2D eigenvalue weighted by Crippen LogP contribution is -2.04. The van der Waals surface area contributed by atoms with Gasteiger partial charge in [0, 0.05) is 5.56 Å². The minimum Gasteiger partial charge on any atom is -0.497 e. The summed E-state index contributed by atoms with van der Waals surface area (Å²) >= 11 is 0. The molecule has 0 amide bonds. The van der Waals surface area contributed by atoms with E-state index in [1.807, 2.05) is 55.5 Å². The zero-order valence-corrected chi connectivity index (χ0v) is 37.3. The van der Waals surface area contributed by atoms with E-state index < -0.39 is 35.5 Å². The van der Waals surface area contributed by atoms with Gasteiger partial charge < -0.3 is 18.9 Å². The van der Waals surface area contributed by atoms with Gasteiger partial charge in [0.15, 0.2) is 0 Å². The molecule has 65 heavy (non-hydrogen) atoms. The van der Waals surface area contributed by atoms with Gasteiger partial charge in [-0.2, -0.15) is 8.42 Å². The van der Waals surface area contributed by atoms with Crippen LogP contribution in [0.15, 0.2) is 208 Å². The van der Waals surface area contributed by atoms with Crippen molar-refractivity contribution in [3.05, 3.63) is 199 Å². The first-order chi connectivity index (χ1) is 31.1. The first-order valence-electron chi connectivity index (χ1n) is 20.0. The molecule has 0 aliphatic heterocycles. The molecule has 14 heteroatoms. The first kappa shape index (κ1) is 44.4. The second-order valence-electron chi connectivity index (χ2n) is 14.9. The molecule has 11 nitrogen and oxygen atoms in total. The van der Waals surface area contributed by atoms with E-state index in [2.05, 4.69) is 0 Å². The second-order valence-corrected chi connectivity index (χ2v) is 20.2. The summed E-state index contributed by atoms with van der Waals surface area (Å²) in [4.78, 5) is 0.477.